The van der Waals surface area contributed by atoms with E-state index in [0.29, 0.717) is 6.04 Å². The number of hydrogen-bond donors (Lipinski definition) is 1. The Morgan fingerprint density at radius 3 is 2.43 bits per heavy atom. The molecule has 3 rings (SSSR count). The van der Waals surface area contributed by atoms with Crippen LogP contribution in [0.4, 0.5) is 0 Å². The van der Waals surface area contributed by atoms with E-state index in [1.54, 1.807) is 0 Å². The molecule has 1 aliphatic rings. The van der Waals surface area contributed by atoms with Gasteiger partial charge in [0.1, 0.15) is 0 Å². The van der Waals surface area contributed by atoms with E-state index in [2.05, 4.69) is 58.7 Å². The maximum Gasteiger partial charge on any atom is 0.0409 e. The largest absolute Gasteiger partial charge is 0.317 e. The quantitative estimate of drug-likeness (QED) is 0.857. The fraction of sp³-hybridized carbons (Fsp3) is 0.400. The van der Waals surface area contributed by atoms with Gasteiger partial charge >= 0.3 is 0 Å². The van der Waals surface area contributed by atoms with Crippen LogP contribution in [0.1, 0.15) is 24.0 Å². The van der Waals surface area contributed by atoms with Crippen molar-refractivity contribution in [3.05, 3.63) is 70.7 Å². The Morgan fingerprint density at radius 1 is 0.957 bits per heavy atom. The van der Waals surface area contributed by atoms with Gasteiger partial charge in [-0.15, -0.1) is 0 Å². The molecular weight excluding hydrogens is 304 g/mol. The number of halogens is 1. The first-order valence-corrected chi connectivity index (χ1v) is 8.92. The molecule has 2 nitrogen and oxygen atoms in total. The molecule has 23 heavy (non-hydrogen) atoms. The normalized spacial score (nSPS) is 15.9. The van der Waals surface area contributed by atoms with Gasteiger partial charge in [-0.2, -0.15) is 0 Å². The predicted octanol–water partition coefficient (Wildman–Crippen LogP) is 4.14. The summed E-state index contributed by atoms with van der Waals surface area (Å²) in [5.41, 5.74) is 2.72. The van der Waals surface area contributed by atoms with Crippen molar-refractivity contribution in [1.82, 2.24) is 10.2 Å². The van der Waals surface area contributed by atoms with Crippen molar-refractivity contribution in [3.63, 3.8) is 0 Å². The molecule has 3 heteroatoms. The minimum absolute atomic E-state index is 0.666. The molecule has 122 valence electrons. The summed E-state index contributed by atoms with van der Waals surface area (Å²) >= 11 is 6.16. The van der Waals surface area contributed by atoms with Crippen LogP contribution in [0.3, 0.4) is 0 Å². The average Bonchev–Trinajstić information content (AvgIpc) is 2.60. The lowest BCUT2D eigenvalue weighted by Crippen LogP contribution is -2.43. The molecule has 0 radical (unpaired) electrons. The highest BCUT2D eigenvalue weighted by Crippen LogP contribution is 2.18. The van der Waals surface area contributed by atoms with Crippen LogP contribution >= 0.6 is 11.6 Å². The van der Waals surface area contributed by atoms with E-state index in [1.807, 2.05) is 6.07 Å². The summed E-state index contributed by atoms with van der Waals surface area (Å²) in [6.45, 7) is 4.34. The zero-order valence-corrected chi connectivity index (χ0v) is 14.3. The lowest BCUT2D eigenvalue weighted by Gasteiger charge is -2.35. The molecule has 2 aromatic rings. The molecule has 1 fully saturated rings. The number of benzene rings is 2. The van der Waals surface area contributed by atoms with Crippen molar-refractivity contribution in [2.45, 2.75) is 31.8 Å². The lowest BCUT2D eigenvalue weighted by atomic mass is 10.0. The van der Waals surface area contributed by atoms with E-state index in [4.69, 9.17) is 11.6 Å². The van der Waals surface area contributed by atoms with E-state index in [1.165, 1.54) is 24.0 Å². The molecule has 0 unspecified atom stereocenters. The molecule has 0 aliphatic carbocycles. The van der Waals surface area contributed by atoms with Crippen LogP contribution < -0.4 is 5.32 Å². The second kappa shape index (κ2) is 8.49. The summed E-state index contributed by atoms with van der Waals surface area (Å²) in [5, 5.41) is 4.30. The van der Waals surface area contributed by atoms with Crippen LogP contribution in [0.5, 0.6) is 0 Å². The molecule has 0 bridgehead atoms. The van der Waals surface area contributed by atoms with Gasteiger partial charge in [0.05, 0.1) is 0 Å². The number of piperidine rings is 1. The molecule has 0 spiro atoms. The van der Waals surface area contributed by atoms with E-state index in [9.17, 15) is 0 Å². The third kappa shape index (κ3) is 5.07. The van der Waals surface area contributed by atoms with Crippen molar-refractivity contribution in [2.75, 3.05) is 19.6 Å². The van der Waals surface area contributed by atoms with Gasteiger partial charge < -0.3 is 5.32 Å². The van der Waals surface area contributed by atoms with E-state index < -0.39 is 0 Å². The second-order valence-corrected chi connectivity index (χ2v) is 6.75. The highest BCUT2D eigenvalue weighted by molar-refractivity contribution is 6.30. The van der Waals surface area contributed by atoms with Gasteiger partial charge in [-0.25, -0.2) is 0 Å². The van der Waals surface area contributed by atoms with Crippen molar-refractivity contribution in [1.29, 1.82) is 0 Å². The lowest BCUT2D eigenvalue weighted by molar-refractivity contribution is 0.155. The Bertz CT molecular complexity index is 594. The number of rotatable bonds is 6. The minimum Gasteiger partial charge on any atom is -0.317 e. The van der Waals surface area contributed by atoms with Crippen LogP contribution in [0.25, 0.3) is 0 Å². The SMILES string of the molecule is Clc1cccc(CN(CCc2ccccc2)C2CCNCC2)c1. The van der Waals surface area contributed by atoms with Gasteiger partial charge in [0, 0.05) is 24.2 Å². The maximum atomic E-state index is 6.16. The first-order chi connectivity index (χ1) is 11.3. The van der Waals surface area contributed by atoms with Gasteiger partial charge in [0.2, 0.25) is 0 Å². The van der Waals surface area contributed by atoms with E-state index in [-0.39, 0.29) is 0 Å². The molecule has 1 N–H and O–H groups in total. The van der Waals surface area contributed by atoms with Crippen LogP contribution in [-0.2, 0) is 13.0 Å². The van der Waals surface area contributed by atoms with Crippen LogP contribution in [0.15, 0.2) is 54.6 Å². The van der Waals surface area contributed by atoms with Gasteiger partial charge in [-0.05, 0) is 55.6 Å². The van der Waals surface area contributed by atoms with Gasteiger partial charge in [0.15, 0.2) is 0 Å². The Labute approximate surface area is 144 Å². The van der Waals surface area contributed by atoms with Crippen LogP contribution in [0, 0.1) is 0 Å². The molecule has 0 aromatic heterocycles. The molecule has 0 atom stereocenters. The van der Waals surface area contributed by atoms with Gasteiger partial charge in [-0.1, -0.05) is 54.1 Å². The Kier molecular flexibility index (Phi) is 6.09. The van der Waals surface area contributed by atoms with Crippen molar-refractivity contribution in [3.8, 4) is 0 Å². The smallest absolute Gasteiger partial charge is 0.0409 e. The molecule has 0 saturated carbocycles. The van der Waals surface area contributed by atoms with E-state index >= 15 is 0 Å². The monoisotopic (exact) mass is 328 g/mol. The summed E-state index contributed by atoms with van der Waals surface area (Å²) in [4.78, 5) is 2.64. The highest BCUT2D eigenvalue weighted by Gasteiger charge is 2.21. The summed E-state index contributed by atoms with van der Waals surface area (Å²) in [5.74, 6) is 0. The first kappa shape index (κ1) is 16.5. The second-order valence-electron chi connectivity index (χ2n) is 6.32. The Hall–Kier alpha value is -1.35. The highest BCUT2D eigenvalue weighted by atomic mass is 35.5. The number of nitrogens with zero attached hydrogens (tertiary/aromatic N) is 1. The third-order valence-corrected chi connectivity index (χ3v) is 4.87. The molecule has 1 heterocycles. The fourth-order valence-electron chi connectivity index (χ4n) is 3.35. The van der Waals surface area contributed by atoms with E-state index in [0.717, 1.165) is 37.6 Å². The van der Waals surface area contributed by atoms with Crippen LogP contribution in [0.2, 0.25) is 5.02 Å². The van der Waals surface area contributed by atoms with Crippen molar-refractivity contribution < 1.29 is 0 Å². The van der Waals surface area contributed by atoms with Crippen LogP contribution in [-0.4, -0.2) is 30.6 Å². The maximum absolute atomic E-state index is 6.16. The van der Waals surface area contributed by atoms with Crippen molar-refractivity contribution in [2.24, 2.45) is 0 Å². The zero-order chi connectivity index (χ0) is 15.9. The molecular formula is C20H25ClN2. The van der Waals surface area contributed by atoms with Crippen molar-refractivity contribution >= 4 is 11.6 Å². The average molecular weight is 329 g/mol. The third-order valence-electron chi connectivity index (χ3n) is 4.63. The summed E-state index contributed by atoms with van der Waals surface area (Å²) < 4.78 is 0. The van der Waals surface area contributed by atoms with Gasteiger partial charge in [-0.3, -0.25) is 4.90 Å². The fourth-order valence-corrected chi connectivity index (χ4v) is 3.56. The van der Waals surface area contributed by atoms with Gasteiger partial charge in [0.25, 0.3) is 0 Å². The number of nitrogens with one attached hydrogen (secondary N) is 1. The first-order valence-electron chi connectivity index (χ1n) is 8.54. The molecule has 2 aromatic carbocycles. The predicted molar refractivity (Wildman–Crippen MR) is 97.9 cm³/mol. The minimum atomic E-state index is 0.666. The molecule has 1 aliphatic heterocycles. The summed E-state index contributed by atoms with van der Waals surface area (Å²) in [6, 6.07) is 19.7. The molecule has 1 saturated heterocycles. The zero-order valence-electron chi connectivity index (χ0n) is 13.5. The summed E-state index contributed by atoms with van der Waals surface area (Å²) in [6.07, 6.45) is 3.57. The topological polar surface area (TPSA) is 15.3 Å². The summed E-state index contributed by atoms with van der Waals surface area (Å²) in [7, 11) is 0. The standard InChI is InChI=1S/C20H25ClN2/c21-19-8-4-7-18(15-19)16-23(20-9-12-22-13-10-20)14-11-17-5-2-1-3-6-17/h1-8,15,20,22H,9-14,16H2. The number of hydrogen-bond acceptors (Lipinski definition) is 2. The molecule has 0 amide bonds. The Balaban J connectivity index is 1.67. The Morgan fingerprint density at radius 2 is 1.70 bits per heavy atom.